The van der Waals surface area contributed by atoms with Crippen LogP contribution in [0.4, 0.5) is 0 Å². The lowest BCUT2D eigenvalue weighted by Gasteiger charge is -2.65. The Balaban J connectivity index is 1.52. The summed E-state index contributed by atoms with van der Waals surface area (Å²) >= 11 is 0. The minimum atomic E-state index is -0.820. The fourth-order valence-corrected chi connectivity index (χ4v) is 7.36. The van der Waals surface area contributed by atoms with Gasteiger partial charge in [-0.15, -0.1) is 0 Å². The van der Waals surface area contributed by atoms with Crippen molar-refractivity contribution in [1.29, 1.82) is 0 Å². The molecule has 2 aliphatic heterocycles. The van der Waals surface area contributed by atoms with Crippen LogP contribution in [0.2, 0.25) is 0 Å². The number of benzene rings is 1. The molecule has 1 N–H and O–H groups in total. The van der Waals surface area contributed by atoms with Gasteiger partial charge < -0.3 is 19.1 Å². The summed E-state index contributed by atoms with van der Waals surface area (Å²) in [6.45, 7) is 10.3. The molecule has 0 aromatic heterocycles. The second-order valence-corrected chi connectivity index (χ2v) is 11.4. The van der Waals surface area contributed by atoms with Crippen LogP contribution in [-0.4, -0.2) is 53.4 Å². The number of hydrogen-bond acceptors (Lipinski definition) is 4. The Bertz CT molecular complexity index is 997. The molecule has 31 heavy (non-hydrogen) atoms. The van der Waals surface area contributed by atoms with E-state index in [2.05, 4.69) is 19.7 Å². The SMILES string of the molecule is C=C1CC[C@@]2(O)C3Cc4ccc(OC(=O)C(C)C)c5c4[C@@]2(CC[N+]3(C)CC2CC2)[C@H]1O5. The second-order valence-electron chi connectivity index (χ2n) is 11.4. The number of nitrogens with zero attached hydrogens (tertiary/aromatic N) is 1. The largest absolute Gasteiger partial charge is 0.481 e. The van der Waals surface area contributed by atoms with Gasteiger partial charge in [-0.2, -0.15) is 0 Å². The fraction of sp³-hybridized carbons (Fsp3) is 0.654. The molecule has 2 bridgehead atoms. The molecule has 5 heteroatoms. The first-order valence-electron chi connectivity index (χ1n) is 12.0. The summed E-state index contributed by atoms with van der Waals surface area (Å²) in [5, 5.41) is 12.5. The van der Waals surface area contributed by atoms with Gasteiger partial charge in [0.1, 0.15) is 17.7 Å². The van der Waals surface area contributed by atoms with E-state index in [1.54, 1.807) is 0 Å². The zero-order valence-corrected chi connectivity index (χ0v) is 18.9. The molecule has 5 atom stereocenters. The highest BCUT2D eigenvalue weighted by molar-refractivity contribution is 5.76. The van der Waals surface area contributed by atoms with Crippen LogP contribution in [0.5, 0.6) is 11.5 Å². The number of likely N-dealkylation sites (tertiary alicyclic amines) is 1. The molecule has 5 nitrogen and oxygen atoms in total. The fourth-order valence-electron chi connectivity index (χ4n) is 7.36. The maximum Gasteiger partial charge on any atom is 0.313 e. The van der Waals surface area contributed by atoms with E-state index in [1.165, 1.54) is 24.9 Å². The number of aliphatic hydroxyl groups is 1. The van der Waals surface area contributed by atoms with E-state index in [0.29, 0.717) is 11.5 Å². The maximum absolute atomic E-state index is 12.5. The van der Waals surface area contributed by atoms with Crippen molar-refractivity contribution in [3.8, 4) is 11.5 Å². The van der Waals surface area contributed by atoms with Gasteiger partial charge >= 0.3 is 5.97 Å². The minimum absolute atomic E-state index is 0.170. The first kappa shape index (κ1) is 19.8. The van der Waals surface area contributed by atoms with Crippen molar-refractivity contribution in [2.24, 2.45) is 11.8 Å². The van der Waals surface area contributed by atoms with Crippen molar-refractivity contribution in [1.82, 2.24) is 0 Å². The summed E-state index contributed by atoms with van der Waals surface area (Å²) in [5.74, 6) is 1.51. The van der Waals surface area contributed by atoms with E-state index < -0.39 is 11.0 Å². The van der Waals surface area contributed by atoms with Crippen LogP contribution >= 0.6 is 0 Å². The average molecular weight is 425 g/mol. The highest BCUT2D eigenvalue weighted by Crippen LogP contribution is 2.67. The quantitative estimate of drug-likeness (QED) is 0.348. The number of esters is 1. The first-order chi connectivity index (χ1) is 14.7. The van der Waals surface area contributed by atoms with E-state index in [0.717, 1.165) is 53.8 Å². The lowest BCUT2D eigenvalue weighted by Crippen LogP contribution is -2.80. The van der Waals surface area contributed by atoms with E-state index in [1.807, 2.05) is 19.9 Å². The summed E-state index contributed by atoms with van der Waals surface area (Å²) in [5.41, 5.74) is 2.12. The highest BCUT2D eigenvalue weighted by Gasteiger charge is 2.75. The molecular weight excluding hydrogens is 390 g/mol. The van der Waals surface area contributed by atoms with Crippen molar-refractivity contribution < 1.29 is 23.9 Å². The van der Waals surface area contributed by atoms with E-state index in [9.17, 15) is 9.90 Å². The molecule has 2 heterocycles. The monoisotopic (exact) mass is 424 g/mol. The Morgan fingerprint density at radius 3 is 2.84 bits per heavy atom. The van der Waals surface area contributed by atoms with Gasteiger partial charge in [0.25, 0.3) is 0 Å². The van der Waals surface area contributed by atoms with Crippen LogP contribution in [0.1, 0.15) is 57.1 Å². The summed E-state index contributed by atoms with van der Waals surface area (Å²) in [6.07, 6.45) is 5.68. The van der Waals surface area contributed by atoms with Gasteiger partial charge in [-0.1, -0.05) is 26.5 Å². The van der Waals surface area contributed by atoms with Crippen molar-refractivity contribution in [3.05, 3.63) is 35.4 Å². The van der Waals surface area contributed by atoms with E-state index >= 15 is 0 Å². The van der Waals surface area contributed by atoms with Crippen LogP contribution in [0, 0.1) is 11.8 Å². The Morgan fingerprint density at radius 1 is 1.35 bits per heavy atom. The van der Waals surface area contributed by atoms with Crippen LogP contribution < -0.4 is 9.47 Å². The van der Waals surface area contributed by atoms with Gasteiger partial charge in [-0.05, 0) is 42.9 Å². The molecule has 0 radical (unpaired) electrons. The summed E-state index contributed by atoms with van der Waals surface area (Å²) in [4.78, 5) is 12.4. The van der Waals surface area contributed by atoms with Gasteiger partial charge in [0.15, 0.2) is 11.5 Å². The standard InChI is InChI=1S/C26H34NO4/c1-15(2)24(28)30-19-8-7-18-13-20-26(29)10-9-16(3)23-25(26,21(18)22(19)31-23)11-12-27(20,4)14-17-5-6-17/h7-8,15,17,20,23,29H,3,5-6,9-14H2,1-2,4H3/q+1/t20?,23-,25-,26+,27?/m0/s1. The molecule has 3 fully saturated rings. The number of carbonyl (C=O) groups excluding carboxylic acids is 1. The molecule has 1 aromatic carbocycles. The van der Waals surface area contributed by atoms with Crippen LogP contribution in [0.15, 0.2) is 24.3 Å². The summed E-state index contributed by atoms with van der Waals surface area (Å²) < 4.78 is 13.3. The molecule has 2 unspecified atom stereocenters. The lowest BCUT2D eigenvalue weighted by atomic mass is 9.48. The van der Waals surface area contributed by atoms with Gasteiger partial charge in [0, 0.05) is 24.3 Å². The number of likely N-dealkylation sites (N-methyl/N-ethyl adjacent to an activating group) is 1. The predicted octanol–water partition coefficient (Wildman–Crippen LogP) is 3.51. The van der Waals surface area contributed by atoms with Crippen molar-refractivity contribution in [2.45, 2.75) is 75.5 Å². The molecule has 5 aliphatic rings. The number of carbonyl (C=O) groups is 1. The van der Waals surface area contributed by atoms with Crippen molar-refractivity contribution >= 4 is 5.97 Å². The summed E-state index contributed by atoms with van der Waals surface area (Å²) in [6, 6.07) is 4.19. The van der Waals surface area contributed by atoms with Gasteiger partial charge in [-0.25, -0.2) is 0 Å². The summed E-state index contributed by atoms with van der Waals surface area (Å²) in [7, 11) is 2.37. The highest BCUT2D eigenvalue weighted by atomic mass is 16.6. The van der Waals surface area contributed by atoms with E-state index in [-0.39, 0.29) is 24.0 Å². The number of quaternary nitrogens is 1. The van der Waals surface area contributed by atoms with Crippen LogP contribution in [0.25, 0.3) is 0 Å². The maximum atomic E-state index is 12.5. The Kier molecular flexibility index (Phi) is 3.92. The Morgan fingerprint density at radius 2 is 2.13 bits per heavy atom. The third-order valence-corrected chi connectivity index (χ3v) is 9.10. The lowest BCUT2D eigenvalue weighted by molar-refractivity contribution is -0.950. The van der Waals surface area contributed by atoms with Gasteiger partial charge in [-0.3, -0.25) is 4.79 Å². The Labute approximate surface area is 184 Å². The number of rotatable bonds is 4. The molecule has 1 spiro atoms. The molecule has 6 rings (SSSR count). The number of piperidine rings is 1. The van der Waals surface area contributed by atoms with Crippen LogP contribution in [0.3, 0.4) is 0 Å². The normalized spacial score (nSPS) is 39.8. The van der Waals surface area contributed by atoms with Crippen molar-refractivity contribution in [2.75, 3.05) is 20.1 Å². The first-order valence-corrected chi connectivity index (χ1v) is 12.0. The van der Waals surface area contributed by atoms with Gasteiger partial charge in [0.05, 0.1) is 31.5 Å². The molecule has 166 valence electrons. The zero-order chi connectivity index (χ0) is 21.8. The molecule has 1 saturated heterocycles. The molecule has 0 amide bonds. The molecular formula is C26H34NO4+. The molecule has 2 saturated carbocycles. The zero-order valence-electron chi connectivity index (χ0n) is 18.9. The third kappa shape index (κ3) is 2.42. The smallest absolute Gasteiger partial charge is 0.313 e. The van der Waals surface area contributed by atoms with E-state index in [4.69, 9.17) is 9.47 Å². The number of hydrogen-bond donors (Lipinski definition) is 1. The average Bonchev–Trinajstić information content (AvgIpc) is 3.44. The molecule has 1 aromatic rings. The van der Waals surface area contributed by atoms with Gasteiger partial charge in [0.2, 0.25) is 0 Å². The topological polar surface area (TPSA) is 55.8 Å². The van der Waals surface area contributed by atoms with Crippen molar-refractivity contribution in [3.63, 3.8) is 0 Å². The molecule has 3 aliphatic carbocycles. The third-order valence-electron chi connectivity index (χ3n) is 9.10. The Hall–Kier alpha value is -1.85. The second kappa shape index (κ2) is 6.14. The van der Waals surface area contributed by atoms with Crippen LogP contribution in [-0.2, 0) is 16.6 Å². The number of ether oxygens (including phenoxy) is 2. The predicted molar refractivity (Wildman–Crippen MR) is 117 cm³/mol. The minimum Gasteiger partial charge on any atom is -0.481 e.